The van der Waals surface area contributed by atoms with E-state index >= 15 is 0 Å². The monoisotopic (exact) mass is 277 g/mol. The van der Waals surface area contributed by atoms with E-state index in [1.54, 1.807) is 0 Å². The Morgan fingerprint density at radius 3 is 3.05 bits per heavy atom. The highest BCUT2D eigenvalue weighted by molar-refractivity contribution is 4.99. The van der Waals surface area contributed by atoms with Crippen LogP contribution in [-0.2, 0) is 19.5 Å². The van der Waals surface area contributed by atoms with Gasteiger partial charge in [0.25, 0.3) is 0 Å². The van der Waals surface area contributed by atoms with Crippen LogP contribution in [0.5, 0.6) is 0 Å². The van der Waals surface area contributed by atoms with Gasteiger partial charge >= 0.3 is 0 Å². The Morgan fingerprint density at radius 1 is 1.30 bits per heavy atom. The summed E-state index contributed by atoms with van der Waals surface area (Å²) in [5.74, 6) is 2.37. The van der Waals surface area contributed by atoms with E-state index in [0.29, 0.717) is 6.04 Å². The van der Waals surface area contributed by atoms with Crippen molar-refractivity contribution in [3.8, 4) is 0 Å². The average molecular weight is 277 g/mol. The van der Waals surface area contributed by atoms with Gasteiger partial charge < -0.3 is 9.88 Å². The van der Waals surface area contributed by atoms with Crippen LogP contribution in [-0.4, -0.2) is 45.3 Å². The van der Waals surface area contributed by atoms with E-state index in [9.17, 15) is 0 Å². The van der Waals surface area contributed by atoms with Crippen LogP contribution in [0, 0.1) is 0 Å². The van der Waals surface area contributed by atoms with Gasteiger partial charge in [0.05, 0.1) is 6.54 Å². The molecule has 2 aliphatic rings. The maximum Gasteiger partial charge on any atom is 0.147 e. The smallest absolute Gasteiger partial charge is 0.147 e. The molecule has 1 N–H and O–H groups in total. The molecule has 1 saturated heterocycles. The molecule has 0 aliphatic carbocycles. The zero-order valence-corrected chi connectivity index (χ0v) is 12.6. The van der Waals surface area contributed by atoms with E-state index in [1.807, 2.05) is 0 Å². The number of rotatable bonds is 6. The van der Waals surface area contributed by atoms with Crippen molar-refractivity contribution in [1.82, 2.24) is 25.0 Å². The molecule has 3 heterocycles. The second-order valence-corrected chi connectivity index (χ2v) is 6.17. The maximum atomic E-state index is 4.45. The van der Waals surface area contributed by atoms with Gasteiger partial charge in [-0.3, -0.25) is 4.90 Å². The number of aromatic nitrogens is 3. The molecule has 3 rings (SSSR count). The van der Waals surface area contributed by atoms with E-state index in [4.69, 9.17) is 0 Å². The third kappa shape index (κ3) is 3.20. The first-order chi connectivity index (χ1) is 9.86. The second-order valence-electron chi connectivity index (χ2n) is 6.17. The fourth-order valence-corrected chi connectivity index (χ4v) is 3.46. The molecule has 112 valence electrons. The first kappa shape index (κ1) is 14.0. The van der Waals surface area contributed by atoms with Gasteiger partial charge in [-0.25, -0.2) is 0 Å². The van der Waals surface area contributed by atoms with Crippen LogP contribution < -0.4 is 5.32 Å². The Balaban J connectivity index is 1.64. The van der Waals surface area contributed by atoms with Crippen molar-refractivity contribution < 1.29 is 0 Å². The minimum atomic E-state index is 0.672. The summed E-state index contributed by atoms with van der Waals surface area (Å²) < 4.78 is 2.36. The van der Waals surface area contributed by atoms with Gasteiger partial charge in [0.2, 0.25) is 0 Å². The van der Waals surface area contributed by atoms with Crippen molar-refractivity contribution in [3.63, 3.8) is 0 Å². The van der Waals surface area contributed by atoms with Crippen molar-refractivity contribution in [2.75, 3.05) is 19.6 Å². The molecule has 1 unspecified atom stereocenters. The molecule has 0 spiro atoms. The zero-order chi connectivity index (χ0) is 13.8. The van der Waals surface area contributed by atoms with E-state index in [0.717, 1.165) is 32.6 Å². The Kier molecular flexibility index (Phi) is 4.68. The average Bonchev–Trinajstić information content (AvgIpc) is 3.10. The lowest BCUT2D eigenvalue weighted by atomic mass is 10.1. The molecule has 1 fully saturated rings. The fraction of sp³-hybridized carbons (Fsp3) is 0.867. The summed E-state index contributed by atoms with van der Waals surface area (Å²) in [6.45, 7) is 7.81. The lowest BCUT2D eigenvalue weighted by molar-refractivity contribution is 0.231. The summed E-state index contributed by atoms with van der Waals surface area (Å²) in [6, 6.07) is 0.672. The molecule has 20 heavy (non-hydrogen) atoms. The molecule has 0 aromatic carbocycles. The molecule has 0 bridgehead atoms. The Hall–Kier alpha value is -0.940. The maximum absolute atomic E-state index is 4.45. The summed E-state index contributed by atoms with van der Waals surface area (Å²) in [4.78, 5) is 2.55. The van der Waals surface area contributed by atoms with Gasteiger partial charge in [-0.15, -0.1) is 10.2 Å². The van der Waals surface area contributed by atoms with Crippen molar-refractivity contribution in [1.29, 1.82) is 0 Å². The highest BCUT2D eigenvalue weighted by Gasteiger charge is 2.21. The van der Waals surface area contributed by atoms with Crippen molar-refractivity contribution in [2.45, 2.75) is 64.6 Å². The van der Waals surface area contributed by atoms with E-state index in [2.05, 4.69) is 31.9 Å². The molecule has 0 amide bonds. The summed E-state index contributed by atoms with van der Waals surface area (Å²) in [5.41, 5.74) is 0. The SMILES string of the molecule is CCCN(Cc1nnc2n1CCCC2)CC1CCCN1. The van der Waals surface area contributed by atoms with E-state index in [-0.39, 0.29) is 0 Å². The van der Waals surface area contributed by atoms with Crippen LogP contribution in [0.2, 0.25) is 0 Å². The summed E-state index contributed by atoms with van der Waals surface area (Å²) in [6.07, 6.45) is 7.49. The highest BCUT2D eigenvalue weighted by atomic mass is 15.3. The van der Waals surface area contributed by atoms with Gasteiger partial charge in [-0.05, 0) is 45.2 Å². The van der Waals surface area contributed by atoms with Crippen LogP contribution in [0.4, 0.5) is 0 Å². The molecule has 1 aromatic heterocycles. The van der Waals surface area contributed by atoms with Crippen molar-refractivity contribution >= 4 is 0 Å². The zero-order valence-electron chi connectivity index (χ0n) is 12.6. The lowest BCUT2D eigenvalue weighted by Crippen LogP contribution is -2.38. The quantitative estimate of drug-likeness (QED) is 0.857. The van der Waals surface area contributed by atoms with E-state index in [1.165, 1.54) is 50.3 Å². The van der Waals surface area contributed by atoms with Crippen LogP contribution >= 0.6 is 0 Å². The number of hydrogen-bond acceptors (Lipinski definition) is 4. The first-order valence-corrected chi connectivity index (χ1v) is 8.23. The molecular formula is C15H27N5. The Labute approximate surface area is 121 Å². The molecule has 0 saturated carbocycles. The second kappa shape index (κ2) is 6.68. The van der Waals surface area contributed by atoms with Gasteiger partial charge in [0, 0.05) is 25.6 Å². The number of nitrogens with one attached hydrogen (secondary N) is 1. The van der Waals surface area contributed by atoms with Crippen LogP contribution in [0.1, 0.15) is 50.7 Å². The standard InChI is InChI=1S/C15H27N5/c1-2-9-19(11-13-6-5-8-16-13)12-15-18-17-14-7-3-4-10-20(14)15/h13,16H,2-12H2,1H3. The number of aryl methyl sites for hydroxylation is 1. The summed E-state index contributed by atoms with van der Waals surface area (Å²) in [5, 5.41) is 12.4. The van der Waals surface area contributed by atoms with Crippen molar-refractivity contribution in [3.05, 3.63) is 11.6 Å². The topological polar surface area (TPSA) is 46.0 Å². The normalized spacial score (nSPS) is 22.4. The van der Waals surface area contributed by atoms with Crippen LogP contribution in [0.3, 0.4) is 0 Å². The fourth-order valence-electron chi connectivity index (χ4n) is 3.46. The summed E-state index contributed by atoms with van der Waals surface area (Å²) in [7, 11) is 0. The molecule has 1 aromatic rings. The van der Waals surface area contributed by atoms with Crippen molar-refractivity contribution in [2.24, 2.45) is 0 Å². The predicted molar refractivity (Wildman–Crippen MR) is 79.6 cm³/mol. The van der Waals surface area contributed by atoms with E-state index < -0.39 is 0 Å². The Morgan fingerprint density at radius 2 is 2.25 bits per heavy atom. The molecular weight excluding hydrogens is 250 g/mol. The van der Waals surface area contributed by atoms with Gasteiger partial charge in [0.1, 0.15) is 11.6 Å². The highest BCUT2D eigenvalue weighted by Crippen LogP contribution is 2.16. The molecule has 2 aliphatic heterocycles. The van der Waals surface area contributed by atoms with Gasteiger partial charge in [-0.2, -0.15) is 0 Å². The minimum absolute atomic E-state index is 0.672. The largest absolute Gasteiger partial charge is 0.314 e. The Bertz CT molecular complexity index is 422. The number of fused-ring (bicyclic) bond motifs is 1. The molecule has 5 heteroatoms. The summed E-state index contributed by atoms with van der Waals surface area (Å²) >= 11 is 0. The minimum Gasteiger partial charge on any atom is -0.314 e. The molecule has 0 radical (unpaired) electrons. The van der Waals surface area contributed by atoms with Gasteiger partial charge in [0.15, 0.2) is 0 Å². The predicted octanol–water partition coefficient (Wildman–Crippen LogP) is 1.58. The van der Waals surface area contributed by atoms with Crippen LogP contribution in [0.15, 0.2) is 0 Å². The molecule has 5 nitrogen and oxygen atoms in total. The third-order valence-corrected chi connectivity index (χ3v) is 4.48. The molecule has 1 atom stereocenters. The first-order valence-electron chi connectivity index (χ1n) is 8.23. The van der Waals surface area contributed by atoms with Crippen LogP contribution in [0.25, 0.3) is 0 Å². The third-order valence-electron chi connectivity index (χ3n) is 4.48. The lowest BCUT2D eigenvalue weighted by Gasteiger charge is -2.25. The number of nitrogens with zero attached hydrogens (tertiary/aromatic N) is 4. The van der Waals surface area contributed by atoms with Gasteiger partial charge in [-0.1, -0.05) is 6.92 Å². The number of hydrogen-bond donors (Lipinski definition) is 1.